The highest BCUT2D eigenvalue weighted by Gasteiger charge is 2.28. The van der Waals surface area contributed by atoms with Crippen molar-refractivity contribution in [2.75, 3.05) is 6.54 Å². The molecule has 112 valence electrons. The summed E-state index contributed by atoms with van der Waals surface area (Å²) in [5, 5.41) is 3.20. The summed E-state index contributed by atoms with van der Waals surface area (Å²) in [4.78, 5) is 12.5. The first-order chi connectivity index (χ1) is 10.0. The van der Waals surface area contributed by atoms with Crippen LogP contribution in [-0.4, -0.2) is 18.0 Å². The predicted molar refractivity (Wildman–Crippen MR) is 86.1 cm³/mol. The lowest BCUT2D eigenvalue weighted by molar-refractivity contribution is 0.0882. The number of hydrogen-bond donors (Lipinski definition) is 2. The first-order valence-corrected chi connectivity index (χ1v) is 7.66. The second kappa shape index (κ2) is 6.78. The van der Waals surface area contributed by atoms with Crippen LogP contribution in [0.2, 0.25) is 0 Å². The maximum atomic E-state index is 12.5. The molecule has 1 fully saturated rings. The van der Waals surface area contributed by atoms with Crippen LogP contribution in [0, 0.1) is 18.8 Å². The van der Waals surface area contributed by atoms with Crippen molar-refractivity contribution in [2.24, 2.45) is 5.73 Å². The van der Waals surface area contributed by atoms with Crippen LogP contribution in [-0.2, 0) is 0 Å². The van der Waals surface area contributed by atoms with Gasteiger partial charge in [0.05, 0.1) is 6.54 Å². The van der Waals surface area contributed by atoms with Crippen LogP contribution in [0.4, 0.5) is 0 Å². The molecule has 3 heteroatoms. The van der Waals surface area contributed by atoms with Crippen molar-refractivity contribution < 1.29 is 4.79 Å². The molecule has 0 saturated heterocycles. The Kier molecular flexibility index (Phi) is 5.03. The van der Waals surface area contributed by atoms with E-state index in [2.05, 4.69) is 24.1 Å². The zero-order valence-electron chi connectivity index (χ0n) is 13.0. The Labute approximate surface area is 127 Å². The Bertz CT molecular complexity index is 575. The zero-order valence-corrected chi connectivity index (χ0v) is 13.0. The first-order valence-electron chi connectivity index (χ1n) is 7.66. The fourth-order valence-corrected chi connectivity index (χ4v) is 2.85. The molecule has 3 nitrogen and oxygen atoms in total. The summed E-state index contributed by atoms with van der Waals surface area (Å²) in [5.41, 5.74) is 7.96. The van der Waals surface area contributed by atoms with Gasteiger partial charge in [-0.25, -0.2) is 0 Å². The van der Waals surface area contributed by atoms with Crippen molar-refractivity contribution in [3.63, 3.8) is 0 Å². The SMILES string of the molecule is Cc1ccc(C(=O)NC2(C)CCCCC2)cc1C#CCN. The maximum Gasteiger partial charge on any atom is 0.251 e. The minimum Gasteiger partial charge on any atom is -0.347 e. The van der Waals surface area contributed by atoms with Crippen LogP contribution in [0.5, 0.6) is 0 Å². The first kappa shape index (κ1) is 15.6. The number of aryl methyl sites for hydroxylation is 1. The third-order valence-corrected chi connectivity index (χ3v) is 4.20. The van der Waals surface area contributed by atoms with E-state index in [1.807, 2.05) is 25.1 Å². The topological polar surface area (TPSA) is 55.1 Å². The molecule has 1 aliphatic rings. The third kappa shape index (κ3) is 4.09. The number of hydrogen-bond acceptors (Lipinski definition) is 2. The second-order valence-electron chi connectivity index (χ2n) is 6.11. The van der Waals surface area contributed by atoms with E-state index < -0.39 is 0 Å². The third-order valence-electron chi connectivity index (χ3n) is 4.20. The number of benzene rings is 1. The average molecular weight is 284 g/mol. The molecule has 3 N–H and O–H groups in total. The highest BCUT2D eigenvalue weighted by molar-refractivity contribution is 5.95. The molecule has 0 aliphatic heterocycles. The lowest BCUT2D eigenvalue weighted by Gasteiger charge is -2.34. The quantitative estimate of drug-likeness (QED) is 0.821. The summed E-state index contributed by atoms with van der Waals surface area (Å²) < 4.78 is 0. The Balaban J connectivity index is 2.15. The van der Waals surface area contributed by atoms with Crippen molar-refractivity contribution in [1.29, 1.82) is 0 Å². The van der Waals surface area contributed by atoms with E-state index in [-0.39, 0.29) is 11.4 Å². The molecule has 0 heterocycles. The van der Waals surface area contributed by atoms with E-state index in [0.717, 1.165) is 24.0 Å². The van der Waals surface area contributed by atoms with Gasteiger partial charge in [0.2, 0.25) is 0 Å². The summed E-state index contributed by atoms with van der Waals surface area (Å²) in [6.45, 7) is 4.46. The molecule has 2 rings (SSSR count). The smallest absolute Gasteiger partial charge is 0.251 e. The highest BCUT2D eigenvalue weighted by Crippen LogP contribution is 2.27. The van der Waals surface area contributed by atoms with Crippen molar-refractivity contribution >= 4 is 5.91 Å². The molecule has 1 saturated carbocycles. The number of amides is 1. The minimum absolute atomic E-state index is 0.00445. The van der Waals surface area contributed by atoms with E-state index in [0.29, 0.717) is 12.1 Å². The number of nitrogens with two attached hydrogens (primary N) is 1. The monoisotopic (exact) mass is 284 g/mol. The van der Waals surface area contributed by atoms with Crippen molar-refractivity contribution in [3.8, 4) is 11.8 Å². The van der Waals surface area contributed by atoms with Gasteiger partial charge in [-0.05, 0) is 44.4 Å². The number of carbonyl (C=O) groups is 1. The van der Waals surface area contributed by atoms with Gasteiger partial charge in [-0.3, -0.25) is 4.79 Å². The largest absolute Gasteiger partial charge is 0.347 e. The predicted octanol–water partition coefficient (Wildman–Crippen LogP) is 2.76. The summed E-state index contributed by atoms with van der Waals surface area (Å²) in [5.74, 6) is 5.87. The van der Waals surface area contributed by atoms with Gasteiger partial charge in [-0.15, -0.1) is 0 Å². The fraction of sp³-hybridized carbons (Fsp3) is 0.500. The van der Waals surface area contributed by atoms with E-state index in [9.17, 15) is 4.79 Å². The molecule has 0 spiro atoms. The van der Waals surface area contributed by atoms with Crippen LogP contribution in [0.15, 0.2) is 18.2 Å². The fourth-order valence-electron chi connectivity index (χ4n) is 2.85. The van der Waals surface area contributed by atoms with E-state index in [4.69, 9.17) is 5.73 Å². The molecule has 0 atom stereocenters. The van der Waals surface area contributed by atoms with Crippen molar-refractivity contribution in [3.05, 3.63) is 34.9 Å². The molecule has 1 aliphatic carbocycles. The van der Waals surface area contributed by atoms with E-state index >= 15 is 0 Å². The number of rotatable bonds is 2. The molecule has 0 radical (unpaired) electrons. The van der Waals surface area contributed by atoms with Gasteiger partial charge < -0.3 is 11.1 Å². The van der Waals surface area contributed by atoms with Crippen molar-refractivity contribution in [2.45, 2.75) is 51.5 Å². The second-order valence-corrected chi connectivity index (χ2v) is 6.11. The van der Waals surface area contributed by atoms with Gasteiger partial charge in [-0.2, -0.15) is 0 Å². The van der Waals surface area contributed by atoms with Crippen LogP contribution < -0.4 is 11.1 Å². The lowest BCUT2D eigenvalue weighted by Crippen LogP contribution is -2.47. The normalized spacial score (nSPS) is 16.7. The lowest BCUT2D eigenvalue weighted by atomic mass is 9.83. The maximum absolute atomic E-state index is 12.5. The summed E-state index contributed by atoms with van der Waals surface area (Å²) >= 11 is 0. The Morgan fingerprint density at radius 2 is 2.05 bits per heavy atom. The Morgan fingerprint density at radius 1 is 1.33 bits per heavy atom. The molecule has 0 unspecified atom stereocenters. The van der Waals surface area contributed by atoms with E-state index in [1.54, 1.807) is 0 Å². The Morgan fingerprint density at radius 3 is 2.71 bits per heavy atom. The molecule has 0 bridgehead atoms. The summed E-state index contributed by atoms with van der Waals surface area (Å²) in [7, 11) is 0. The van der Waals surface area contributed by atoms with Gasteiger partial charge in [0, 0.05) is 16.7 Å². The van der Waals surface area contributed by atoms with Gasteiger partial charge in [0.1, 0.15) is 0 Å². The van der Waals surface area contributed by atoms with Gasteiger partial charge in [0.15, 0.2) is 0 Å². The van der Waals surface area contributed by atoms with Crippen LogP contribution in [0.25, 0.3) is 0 Å². The molecular formula is C18H24N2O. The van der Waals surface area contributed by atoms with Crippen molar-refractivity contribution in [1.82, 2.24) is 5.32 Å². The molecule has 21 heavy (non-hydrogen) atoms. The zero-order chi connectivity index (χ0) is 15.3. The standard InChI is InChI=1S/C18H24N2O/c1-14-8-9-16(13-15(14)7-6-12-19)17(21)20-18(2)10-4-3-5-11-18/h8-9,13H,3-5,10-12,19H2,1-2H3,(H,20,21). The van der Waals surface area contributed by atoms with Crippen LogP contribution in [0.1, 0.15) is 60.5 Å². The number of carbonyl (C=O) groups excluding carboxylic acids is 1. The molecular weight excluding hydrogens is 260 g/mol. The summed E-state index contributed by atoms with van der Waals surface area (Å²) in [6, 6.07) is 5.67. The molecule has 0 aromatic heterocycles. The Hall–Kier alpha value is -1.79. The van der Waals surface area contributed by atoms with Gasteiger partial charge in [0.25, 0.3) is 5.91 Å². The van der Waals surface area contributed by atoms with E-state index in [1.165, 1.54) is 19.3 Å². The minimum atomic E-state index is -0.0662. The average Bonchev–Trinajstić information content (AvgIpc) is 2.46. The van der Waals surface area contributed by atoms with Crippen LogP contribution in [0.3, 0.4) is 0 Å². The molecule has 1 aromatic carbocycles. The van der Waals surface area contributed by atoms with Gasteiger partial charge in [-0.1, -0.05) is 37.2 Å². The highest BCUT2D eigenvalue weighted by atomic mass is 16.1. The van der Waals surface area contributed by atoms with Crippen LogP contribution >= 0.6 is 0 Å². The molecule has 1 aromatic rings. The summed E-state index contributed by atoms with van der Waals surface area (Å²) in [6.07, 6.45) is 5.78. The van der Waals surface area contributed by atoms with Gasteiger partial charge >= 0.3 is 0 Å². The number of nitrogens with one attached hydrogen (secondary N) is 1. The molecule has 1 amide bonds.